The summed E-state index contributed by atoms with van der Waals surface area (Å²) in [5.41, 5.74) is 1.75. The van der Waals surface area contributed by atoms with E-state index in [9.17, 15) is 22.4 Å². The standard InChI is InChI=1S/C21H16F4N4O/c1-11(12-6-13(21(23,24)25)8-14(22)7-12)17-9-18(29-10-28-17)19-15-2-5-27-20(30)16(15)3-4-26-19/h3-4,6-11H,2,5H2,1H3,(H,27,30). The second-order valence-corrected chi connectivity index (χ2v) is 7.01. The first kappa shape index (κ1) is 19.9. The van der Waals surface area contributed by atoms with Crippen molar-refractivity contribution in [2.45, 2.75) is 25.4 Å². The van der Waals surface area contributed by atoms with Gasteiger partial charge in [-0.1, -0.05) is 6.92 Å². The highest BCUT2D eigenvalue weighted by Crippen LogP contribution is 2.34. The number of hydrogen-bond acceptors (Lipinski definition) is 4. The Bertz CT molecular complexity index is 1130. The molecule has 3 aromatic rings. The Hall–Kier alpha value is -3.36. The van der Waals surface area contributed by atoms with Crippen molar-refractivity contribution in [2.75, 3.05) is 6.54 Å². The minimum atomic E-state index is -4.65. The van der Waals surface area contributed by atoms with E-state index in [1.165, 1.54) is 12.5 Å². The second kappa shape index (κ2) is 7.47. The Morgan fingerprint density at radius 2 is 1.90 bits per heavy atom. The minimum absolute atomic E-state index is 0.148. The van der Waals surface area contributed by atoms with E-state index in [0.717, 1.165) is 17.7 Å². The Labute approximate surface area is 169 Å². The molecule has 5 nitrogen and oxygen atoms in total. The van der Waals surface area contributed by atoms with E-state index < -0.39 is 23.5 Å². The summed E-state index contributed by atoms with van der Waals surface area (Å²) in [7, 11) is 0. The number of halogens is 4. The van der Waals surface area contributed by atoms with Gasteiger partial charge < -0.3 is 5.32 Å². The first-order valence-corrected chi connectivity index (χ1v) is 9.20. The van der Waals surface area contributed by atoms with Gasteiger partial charge in [0.05, 0.1) is 22.6 Å². The van der Waals surface area contributed by atoms with Gasteiger partial charge in [0.25, 0.3) is 5.91 Å². The zero-order chi connectivity index (χ0) is 21.5. The highest BCUT2D eigenvalue weighted by atomic mass is 19.4. The van der Waals surface area contributed by atoms with Crippen LogP contribution < -0.4 is 5.32 Å². The van der Waals surface area contributed by atoms with Gasteiger partial charge in [-0.2, -0.15) is 13.2 Å². The van der Waals surface area contributed by atoms with Crippen molar-refractivity contribution < 1.29 is 22.4 Å². The summed E-state index contributed by atoms with van der Waals surface area (Å²) >= 11 is 0. The molecular weight excluding hydrogens is 400 g/mol. The predicted octanol–water partition coefficient (Wildman–Crippen LogP) is 4.13. The molecule has 1 atom stereocenters. The largest absolute Gasteiger partial charge is 0.416 e. The lowest BCUT2D eigenvalue weighted by Crippen LogP contribution is -2.32. The number of hydrogen-bond donors (Lipinski definition) is 1. The van der Waals surface area contributed by atoms with E-state index in [2.05, 4.69) is 20.3 Å². The zero-order valence-electron chi connectivity index (χ0n) is 15.8. The van der Waals surface area contributed by atoms with Crippen molar-refractivity contribution in [1.82, 2.24) is 20.3 Å². The van der Waals surface area contributed by atoms with Crippen LogP contribution in [-0.2, 0) is 12.6 Å². The molecule has 0 saturated carbocycles. The quantitative estimate of drug-likeness (QED) is 0.652. The number of rotatable bonds is 3. The van der Waals surface area contributed by atoms with E-state index in [1.807, 2.05) is 0 Å². The molecular formula is C21H16F4N4O. The van der Waals surface area contributed by atoms with Crippen LogP contribution in [0.5, 0.6) is 0 Å². The molecule has 1 aliphatic rings. The monoisotopic (exact) mass is 416 g/mol. The number of alkyl halides is 3. The fourth-order valence-electron chi connectivity index (χ4n) is 3.51. The van der Waals surface area contributed by atoms with Gasteiger partial charge in [-0.05, 0) is 47.9 Å². The predicted molar refractivity (Wildman–Crippen MR) is 100 cm³/mol. The van der Waals surface area contributed by atoms with Gasteiger partial charge in [0.2, 0.25) is 0 Å². The highest BCUT2D eigenvalue weighted by molar-refractivity contribution is 5.98. The fourth-order valence-corrected chi connectivity index (χ4v) is 3.51. The molecule has 1 aromatic carbocycles. The maximum atomic E-state index is 13.8. The van der Waals surface area contributed by atoms with Crippen LogP contribution in [0, 0.1) is 5.82 Å². The third-order valence-electron chi connectivity index (χ3n) is 5.08. The SMILES string of the molecule is CC(c1cc(F)cc(C(F)(F)F)c1)c1cc(-c2nccc3c2CCNC3=O)ncn1. The van der Waals surface area contributed by atoms with Gasteiger partial charge in [0, 0.05) is 24.2 Å². The topological polar surface area (TPSA) is 67.8 Å². The molecule has 4 rings (SSSR count). The second-order valence-electron chi connectivity index (χ2n) is 7.01. The molecule has 154 valence electrons. The molecule has 9 heteroatoms. The molecule has 1 aliphatic heterocycles. The Morgan fingerprint density at radius 3 is 2.67 bits per heavy atom. The molecule has 1 amide bonds. The number of benzene rings is 1. The molecule has 2 aromatic heterocycles. The summed E-state index contributed by atoms with van der Waals surface area (Å²) in [6, 6.07) is 5.69. The molecule has 0 spiro atoms. The number of nitrogens with one attached hydrogen (secondary N) is 1. The molecule has 0 aliphatic carbocycles. The normalized spacial score (nSPS) is 14.8. The average Bonchev–Trinajstić information content (AvgIpc) is 2.72. The molecule has 0 fully saturated rings. The minimum Gasteiger partial charge on any atom is -0.352 e. The van der Waals surface area contributed by atoms with Gasteiger partial charge in [-0.15, -0.1) is 0 Å². The Kier molecular flexibility index (Phi) is 4.97. The number of carbonyl (C=O) groups excluding carboxylic acids is 1. The van der Waals surface area contributed by atoms with Crippen LogP contribution >= 0.6 is 0 Å². The number of fused-ring (bicyclic) bond motifs is 1. The van der Waals surface area contributed by atoms with E-state index in [0.29, 0.717) is 41.7 Å². The molecule has 0 radical (unpaired) electrons. The number of amides is 1. The van der Waals surface area contributed by atoms with Gasteiger partial charge in [-0.3, -0.25) is 9.78 Å². The summed E-state index contributed by atoms with van der Waals surface area (Å²) in [4.78, 5) is 24.8. The van der Waals surface area contributed by atoms with Crippen molar-refractivity contribution in [3.63, 3.8) is 0 Å². The van der Waals surface area contributed by atoms with Crippen LogP contribution in [0.3, 0.4) is 0 Å². The smallest absolute Gasteiger partial charge is 0.352 e. The van der Waals surface area contributed by atoms with Crippen LogP contribution in [0.1, 0.15) is 45.6 Å². The molecule has 0 saturated heterocycles. The van der Waals surface area contributed by atoms with E-state index in [4.69, 9.17) is 0 Å². The molecule has 30 heavy (non-hydrogen) atoms. The number of nitrogens with zero attached hydrogens (tertiary/aromatic N) is 3. The van der Waals surface area contributed by atoms with Crippen LogP contribution in [0.4, 0.5) is 17.6 Å². The van der Waals surface area contributed by atoms with Crippen LogP contribution in [0.25, 0.3) is 11.4 Å². The van der Waals surface area contributed by atoms with Crippen molar-refractivity contribution in [1.29, 1.82) is 0 Å². The van der Waals surface area contributed by atoms with E-state index in [-0.39, 0.29) is 11.5 Å². The lowest BCUT2D eigenvalue weighted by Gasteiger charge is -2.19. The van der Waals surface area contributed by atoms with Gasteiger partial charge in [0.15, 0.2) is 0 Å². The van der Waals surface area contributed by atoms with Crippen molar-refractivity contribution in [2.24, 2.45) is 0 Å². The summed E-state index contributed by atoms with van der Waals surface area (Å²) < 4.78 is 53.0. The first-order valence-electron chi connectivity index (χ1n) is 9.20. The van der Waals surface area contributed by atoms with Crippen LogP contribution in [0.15, 0.2) is 42.9 Å². The van der Waals surface area contributed by atoms with Crippen molar-refractivity contribution in [3.05, 3.63) is 76.6 Å². The van der Waals surface area contributed by atoms with Gasteiger partial charge in [0.1, 0.15) is 12.1 Å². The van der Waals surface area contributed by atoms with Gasteiger partial charge in [-0.25, -0.2) is 14.4 Å². The zero-order valence-corrected chi connectivity index (χ0v) is 15.8. The van der Waals surface area contributed by atoms with E-state index >= 15 is 0 Å². The summed E-state index contributed by atoms with van der Waals surface area (Å²) in [5.74, 6) is -1.78. The third-order valence-corrected chi connectivity index (χ3v) is 5.08. The summed E-state index contributed by atoms with van der Waals surface area (Å²) in [5, 5.41) is 2.76. The Balaban J connectivity index is 1.74. The summed E-state index contributed by atoms with van der Waals surface area (Å²) in [6.45, 7) is 2.12. The van der Waals surface area contributed by atoms with E-state index in [1.54, 1.807) is 19.1 Å². The van der Waals surface area contributed by atoms with Gasteiger partial charge >= 0.3 is 6.18 Å². The molecule has 3 heterocycles. The Morgan fingerprint density at radius 1 is 1.10 bits per heavy atom. The average molecular weight is 416 g/mol. The lowest BCUT2D eigenvalue weighted by molar-refractivity contribution is -0.137. The number of carbonyl (C=O) groups is 1. The molecule has 1 N–H and O–H groups in total. The van der Waals surface area contributed by atoms with Crippen molar-refractivity contribution >= 4 is 5.91 Å². The van der Waals surface area contributed by atoms with Crippen molar-refractivity contribution in [3.8, 4) is 11.4 Å². The summed E-state index contributed by atoms with van der Waals surface area (Å²) in [6.07, 6.45) is -1.28. The molecule has 0 bridgehead atoms. The highest BCUT2D eigenvalue weighted by Gasteiger charge is 2.32. The number of aromatic nitrogens is 3. The lowest BCUT2D eigenvalue weighted by atomic mass is 9.93. The maximum absolute atomic E-state index is 13.8. The van der Waals surface area contributed by atoms with Crippen LogP contribution in [-0.4, -0.2) is 27.4 Å². The molecule has 1 unspecified atom stereocenters. The first-order chi connectivity index (χ1) is 14.2. The third kappa shape index (κ3) is 3.74. The maximum Gasteiger partial charge on any atom is 0.416 e. The fraction of sp³-hybridized carbons (Fsp3) is 0.238. The number of pyridine rings is 1. The van der Waals surface area contributed by atoms with Crippen LogP contribution in [0.2, 0.25) is 0 Å².